The van der Waals surface area contributed by atoms with Crippen LogP contribution in [-0.4, -0.2) is 32.9 Å². The predicted molar refractivity (Wildman–Crippen MR) is 98.5 cm³/mol. The zero-order chi connectivity index (χ0) is 16.7. The summed E-state index contributed by atoms with van der Waals surface area (Å²) in [5.41, 5.74) is 8.12. The van der Waals surface area contributed by atoms with Gasteiger partial charge in [0, 0.05) is 36.9 Å². The van der Waals surface area contributed by atoms with Crippen LogP contribution in [0, 0.1) is 13.8 Å². The molecule has 124 valence electrons. The molecule has 0 unspecified atom stereocenters. The Kier molecular flexibility index (Phi) is 4.06. The van der Waals surface area contributed by atoms with E-state index in [-0.39, 0.29) is 0 Å². The van der Waals surface area contributed by atoms with E-state index in [9.17, 15) is 0 Å². The van der Waals surface area contributed by atoms with E-state index in [1.165, 1.54) is 21.5 Å². The molecular weight excluding hydrogens is 316 g/mol. The van der Waals surface area contributed by atoms with Crippen LogP contribution in [0.15, 0.2) is 23.7 Å². The summed E-state index contributed by atoms with van der Waals surface area (Å²) in [6, 6.07) is 7.08. The van der Waals surface area contributed by atoms with Crippen LogP contribution in [0.5, 0.6) is 0 Å². The first kappa shape index (κ1) is 15.7. The van der Waals surface area contributed by atoms with Crippen molar-refractivity contribution in [1.82, 2.24) is 19.9 Å². The summed E-state index contributed by atoms with van der Waals surface area (Å²) in [6.07, 6.45) is 2.04. The highest BCUT2D eigenvalue weighted by Crippen LogP contribution is 2.28. The third kappa shape index (κ3) is 2.82. The Bertz CT molecular complexity index is 886. The van der Waals surface area contributed by atoms with Gasteiger partial charge in [0.2, 0.25) is 0 Å². The van der Waals surface area contributed by atoms with E-state index in [0.717, 1.165) is 43.0 Å². The normalized spacial score (nSPS) is 16.8. The monoisotopic (exact) mass is 338 g/mol. The second-order valence-electron chi connectivity index (χ2n) is 6.57. The van der Waals surface area contributed by atoms with Crippen molar-refractivity contribution >= 4 is 21.6 Å². The summed E-state index contributed by atoms with van der Waals surface area (Å²) in [5.74, 6) is 0.890. The smallest absolute Gasteiger partial charge is 0.125 e. The van der Waals surface area contributed by atoms with E-state index in [2.05, 4.69) is 51.9 Å². The van der Waals surface area contributed by atoms with Gasteiger partial charge in [0.1, 0.15) is 5.82 Å². The van der Waals surface area contributed by atoms with Crippen molar-refractivity contribution in [2.24, 2.45) is 0 Å². The summed E-state index contributed by atoms with van der Waals surface area (Å²) < 4.78 is 1.26. The first-order valence-corrected chi connectivity index (χ1v) is 9.40. The van der Waals surface area contributed by atoms with Gasteiger partial charge in [-0.15, -0.1) is 11.3 Å². The van der Waals surface area contributed by atoms with Crippen molar-refractivity contribution in [2.75, 3.05) is 13.1 Å². The Balaban J connectivity index is 1.58. The number of hydrogen-bond donors (Lipinski definition) is 0. The second kappa shape index (κ2) is 6.22. The molecule has 1 aliphatic rings. The van der Waals surface area contributed by atoms with E-state index in [4.69, 9.17) is 0 Å². The Hall–Kier alpha value is -1.85. The Labute approximate surface area is 146 Å². The molecule has 5 heteroatoms. The SMILES string of the molecule is Cc1nc(C)c2c(n1)CCN([C@H](C)c1ccc3scnc3c1)CC2. The first-order valence-electron chi connectivity index (χ1n) is 8.52. The molecule has 0 spiro atoms. The number of hydrogen-bond acceptors (Lipinski definition) is 5. The standard InChI is InChI=1S/C19H22N4S/c1-12-16-6-8-23(9-7-17(16)22-14(3)21-12)13(2)15-4-5-19-18(10-15)20-11-24-19/h4-5,10-11,13H,6-9H2,1-3H3/t13-/m1/s1. The molecule has 3 heterocycles. The molecule has 3 aromatic rings. The predicted octanol–water partition coefficient (Wildman–Crippen LogP) is 3.86. The summed E-state index contributed by atoms with van der Waals surface area (Å²) in [4.78, 5) is 16.3. The largest absolute Gasteiger partial charge is 0.296 e. The number of nitrogens with zero attached hydrogens (tertiary/aromatic N) is 4. The van der Waals surface area contributed by atoms with E-state index < -0.39 is 0 Å². The van der Waals surface area contributed by atoms with Gasteiger partial charge in [-0.25, -0.2) is 15.0 Å². The first-order chi connectivity index (χ1) is 11.6. The molecule has 0 amide bonds. The maximum Gasteiger partial charge on any atom is 0.125 e. The van der Waals surface area contributed by atoms with Gasteiger partial charge >= 0.3 is 0 Å². The molecule has 1 aliphatic heterocycles. The van der Waals surface area contributed by atoms with Crippen LogP contribution in [0.2, 0.25) is 0 Å². The summed E-state index contributed by atoms with van der Waals surface area (Å²) in [7, 11) is 0. The zero-order valence-corrected chi connectivity index (χ0v) is 15.2. The lowest BCUT2D eigenvalue weighted by Crippen LogP contribution is -2.29. The number of rotatable bonds is 2. The van der Waals surface area contributed by atoms with Crippen molar-refractivity contribution in [3.63, 3.8) is 0 Å². The lowest BCUT2D eigenvalue weighted by molar-refractivity contribution is 0.221. The van der Waals surface area contributed by atoms with E-state index >= 15 is 0 Å². The molecule has 24 heavy (non-hydrogen) atoms. The molecule has 0 saturated carbocycles. The number of aromatic nitrogens is 3. The average Bonchev–Trinajstić information content (AvgIpc) is 2.93. The summed E-state index contributed by atoms with van der Waals surface area (Å²) in [5, 5.41) is 0. The van der Waals surface area contributed by atoms with Crippen LogP contribution in [0.4, 0.5) is 0 Å². The lowest BCUT2D eigenvalue weighted by atomic mass is 10.1. The highest BCUT2D eigenvalue weighted by atomic mass is 32.1. The van der Waals surface area contributed by atoms with Crippen molar-refractivity contribution in [3.05, 3.63) is 52.0 Å². The zero-order valence-electron chi connectivity index (χ0n) is 14.4. The molecule has 0 saturated heterocycles. The molecular formula is C19H22N4S. The minimum Gasteiger partial charge on any atom is -0.296 e. The molecule has 0 radical (unpaired) electrons. The van der Waals surface area contributed by atoms with Crippen LogP contribution < -0.4 is 0 Å². The molecule has 0 N–H and O–H groups in total. The molecule has 0 bridgehead atoms. The fourth-order valence-electron chi connectivity index (χ4n) is 3.69. The Morgan fingerprint density at radius 2 is 1.96 bits per heavy atom. The summed E-state index contributed by atoms with van der Waals surface area (Å²) in [6.45, 7) is 8.49. The molecule has 4 rings (SSSR count). The highest BCUT2D eigenvalue weighted by Gasteiger charge is 2.22. The summed E-state index contributed by atoms with van der Waals surface area (Å²) >= 11 is 1.70. The van der Waals surface area contributed by atoms with Crippen molar-refractivity contribution in [3.8, 4) is 0 Å². The van der Waals surface area contributed by atoms with E-state index in [1.807, 2.05) is 12.4 Å². The van der Waals surface area contributed by atoms with Gasteiger partial charge < -0.3 is 0 Å². The fraction of sp³-hybridized carbons (Fsp3) is 0.421. The molecule has 0 fully saturated rings. The molecule has 4 nitrogen and oxygen atoms in total. The number of fused-ring (bicyclic) bond motifs is 2. The minimum absolute atomic E-state index is 0.389. The van der Waals surface area contributed by atoms with Gasteiger partial charge in [-0.3, -0.25) is 4.90 Å². The van der Waals surface area contributed by atoms with Crippen molar-refractivity contribution in [2.45, 2.75) is 39.7 Å². The van der Waals surface area contributed by atoms with Gasteiger partial charge in [0.05, 0.1) is 15.7 Å². The third-order valence-electron chi connectivity index (χ3n) is 5.08. The fourth-order valence-corrected chi connectivity index (χ4v) is 4.35. The second-order valence-corrected chi connectivity index (χ2v) is 7.46. The van der Waals surface area contributed by atoms with E-state index in [1.54, 1.807) is 11.3 Å². The number of thiazole rings is 1. The number of benzene rings is 1. The van der Waals surface area contributed by atoms with Crippen molar-refractivity contribution in [1.29, 1.82) is 0 Å². The van der Waals surface area contributed by atoms with Crippen molar-refractivity contribution < 1.29 is 0 Å². The average molecular weight is 338 g/mol. The van der Waals surface area contributed by atoms with Crippen LogP contribution in [0.25, 0.3) is 10.2 Å². The lowest BCUT2D eigenvalue weighted by Gasteiger charge is -2.27. The van der Waals surface area contributed by atoms with Gasteiger partial charge in [0.25, 0.3) is 0 Å². The minimum atomic E-state index is 0.389. The van der Waals surface area contributed by atoms with E-state index in [0.29, 0.717) is 6.04 Å². The van der Waals surface area contributed by atoms with Crippen LogP contribution in [0.1, 0.15) is 41.3 Å². The maximum atomic E-state index is 4.69. The number of aryl methyl sites for hydroxylation is 2. The van der Waals surface area contributed by atoms with Gasteiger partial charge in [-0.1, -0.05) is 6.07 Å². The van der Waals surface area contributed by atoms with Crippen LogP contribution in [0.3, 0.4) is 0 Å². The highest BCUT2D eigenvalue weighted by molar-refractivity contribution is 7.16. The van der Waals surface area contributed by atoms with Crippen LogP contribution >= 0.6 is 11.3 Å². The van der Waals surface area contributed by atoms with Gasteiger partial charge in [-0.05, 0) is 50.5 Å². The topological polar surface area (TPSA) is 41.9 Å². The Morgan fingerprint density at radius 3 is 2.83 bits per heavy atom. The third-order valence-corrected chi connectivity index (χ3v) is 5.89. The molecule has 0 aliphatic carbocycles. The Morgan fingerprint density at radius 1 is 1.12 bits per heavy atom. The maximum absolute atomic E-state index is 4.69. The molecule has 2 aromatic heterocycles. The molecule has 1 aromatic carbocycles. The van der Waals surface area contributed by atoms with Gasteiger partial charge in [-0.2, -0.15) is 0 Å². The quantitative estimate of drug-likeness (QED) is 0.711. The van der Waals surface area contributed by atoms with Gasteiger partial charge in [0.15, 0.2) is 0 Å². The molecule has 1 atom stereocenters. The van der Waals surface area contributed by atoms with Crippen LogP contribution in [-0.2, 0) is 12.8 Å².